The number of piperazine rings is 1. The Kier molecular flexibility index (Phi) is 3.53. The molecule has 2 heterocycles. The van der Waals surface area contributed by atoms with Gasteiger partial charge in [-0.05, 0) is 0 Å². The van der Waals surface area contributed by atoms with E-state index >= 15 is 0 Å². The van der Waals surface area contributed by atoms with Crippen molar-refractivity contribution in [2.24, 2.45) is 5.73 Å². The Balaban J connectivity index is 1.97. The molecule has 6 nitrogen and oxygen atoms in total. The van der Waals surface area contributed by atoms with Crippen LogP contribution in [0.3, 0.4) is 0 Å². The summed E-state index contributed by atoms with van der Waals surface area (Å²) in [4.78, 5) is 23.7. The molecule has 0 aromatic carbocycles. The largest absolute Gasteiger partial charge is 0.339 e. The van der Waals surface area contributed by atoms with Crippen LogP contribution < -0.4 is 10.6 Å². The van der Waals surface area contributed by atoms with Crippen molar-refractivity contribution in [3.8, 4) is 0 Å². The van der Waals surface area contributed by atoms with Gasteiger partial charge in [-0.3, -0.25) is 4.79 Å². The average molecular weight is 235 g/mol. The van der Waals surface area contributed by atoms with E-state index in [0.717, 1.165) is 31.7 Å². The minimum atomic E-state index is 0.129. The maximum Gasteiger partial charge on any atom is 0.225 e. The molecule has 2 N–H and O–H groups in total. The van der Waals surface area contributed by atoms with Crippen LogP contribution >= 0.6 is 0 Å². The smallest absolute Gasteiger partial charge is 0.225 e. The predicted molar refractivity (Wildman–Crippen MR) is 64.4 cm³/mol. The third-order valence-corrected chi connectivity index (χ3v) is 2.94. The van der Waals surface area contributed by atoms with Gasteiger partial charge in [-0.15, -0.1) is 0 Å². The number of nitrogens with two attached hydrogens (primary N) is 1. The van der Waals surface area contributed by atoms with Crippen LogP contribution in [0.4, 0.5) is 5.95 Å². The number of hydrogen-bond acceptors (Lipinski definition) is 5. The summed E-state index contributed by atoms with van der Waals surface area (Å²) in [6, 6.07) is 0. The Hall–Kier alpha value is -1.69. The van der Waals surface area contributed by atoms with Crippen molar-refractivity contribution >= 4 is 11.9 Å². The van der Waals surface area contributed by atoms with Crippen LogP contribution in [-0.4, -0.2) is 47.0 Å². The predicted octanol–water partition coefficient (Wildman–Crippen LogP) is -0.396. The van der Waals surface area contributed by atoms with E-state index < -0.39 is 0 Å². The fraction of sp³-hybridized carbons (Fsp3) is 0.545. The number of rotatable bonds is 2. The maximum atomic E-state index is 11.2. The van der Waals surface area contributed by atoms with Crippen molar-refractivity contribution in [1.29, 1.82) is 0 Å². The quantitative estimate of drug-likeness (QED) is 0.755. The van der Waals surface area contributed by atoms with E-state index in [0.29, 0.717) is 12.5 Å². The molecule has 1 saturated heterocycles. The molecule has 1 aromatic rings. The van der Waals surface area contributed by atoms with Crippen LogP contribution in [-0.2, 0) is 11.3 Å². The van der Waals surface area contributed by atoms with Crippen molar-refractivity contribution in [2.45, 2.75) is 13.5 Å². The molecule has 92 valence electrons. The topological polar surface area (TPSA) is 75.4 Å². The maximum absolute atomic E-state index is 11.2. The summed E-state index contributed by atoms with van der Waals surface area (Å²) < 4.78 is 0. The van der Waals surface area contributed by atoms with E-state index in [9.17, 15) is 4.79 Å². The molecule has 0 bridgehead atoms. The molecule has 0 radical (unpaired) electrons. The molecule has 0 atom stereocenters. The lowest BCUT2D eigenvalue weighted by Gasteiger charge is -2.34. The summed E-state index contributed by atoms with van der Waals surface area (Å²) in [5, 5.41) is 0. The fourth-order valence-corrected chi connectivity index (χ4v) is 1.84. The number of carbonyl (C=O) groups excluding carboxylic acids is 1. The van der Waals surface area contributed by atoms with E-state index in [1.165, 1.54) is 0 Å². The van der Waals surface area contributed by atoms with Crippen LogP contribution in [0.2, 0.25) is 0 Å². The van der Waals surface area contributed by atoms with Crippen molar-refractivity contribution in [1.82, 2.24) is 14.9 Å². The third-order valence-electron chi connectivity index (χ3n) is 2.94. The minimum absolute atomic E-state index is 0.129. The first-order chi connectivity index (χ1) is 8.20. The third kappa shape index (κ3) is 2.71. The highest BCUT2D eigenvalue weighted by atomic mass is 16.2. The summed E-state index contributed by atoms with van der Waals surface area (Å²) in [5.41, 5.74) is 6.42. The van der Waals surface area contributed by atoms with E-state index in [1.807, 2.05) is 4.90 Å². The Morgan fingerprint density at radius 2 is 1.88 bits per heavy atom. The second kappa shape index (κ2) is 5.09. The summed E-state index contributed by atoms with van der Waals surface area (Å²) in [6.45, 7) is 5.08. The zero-order valence-corrected chi connectivity index (χ0v) is 9.96. The molecular weight excluding hydrogens is 218 g/mol. The van der Waals surface area contributed by atoms with E-state index in [-0.39, 0.29) is 5.91 Å². The number of amides is 1. The molecule has 0 unspecified atom stereocenters. The van der Waals surface area contributed by atoms with Gasteiger partial charge >= 0.3 is 0 Å². The van der Waals surface area contributed by atoms with E-state index in [4.69, 9.17) is 5.73 Å². The van der Waals surface area contributed by atoms with Crippen LogP contribution in [0.15, 0.2) is 12.4 Å². The molecule has 2 rings (SSSR count). The van der Waals surface area contributed by atoms with Crippen LogP contribution in [0.5, 0.6) is 0 Å². The fourth-order valence-electron chi connectivity index (χ4n) is 1.84. The van der Waals surface area contributed by atoms with Gasteiger partial charge in [-0.1, -0.05) is 0 Å². The van der Waals surface area contributed by atoms with Crippen molar-refractivity contribution in [3.05, 3.63) is 18.0 Å². The number of nitrogens with zero attached hydrogens (tertiary/aromatic N) is 4. The average Bonchev–Trinajstić information content (AvgIpc) is 2.39. The van der Waals surface area contributed by atoms with Gasteiger partial charge in [0.25, 0.3) is 0 Å². The minimum Gasteiger partial charge on any atom is -0.339 e. The molecule has 1 amide bonds. The molecule has 0 aliphatic carbocycles. The van der Waals surface area contributed by atoms with Crippen LogP contribution in [0.25, 0.3) is 0 Å². The van der Waals surface area contributed by atoms with Gasteiger partial charge in [0.2, 0.25) is 11.9 Å². The summed E-state index contributed by atoms with van der Waals surface area (Å²) >= 11 is 0. The van der Waals surface area contributed by atoms with Gasteiger partial charge in [0.15, 0.2) is 0 Å². The lowest BCUT2D eigenvalue weighted by atomic mass is 10.3. The highest BCUT2D eigenvalue weighted by Gasteiger charge is 2.19. The number of carbonyl (C=O) groups is 1. The lowest BCUT2D eigenvalue weighted by molar-refractivity contribution is -0.129. The second-order valence-electron chi connectivity index (χ2n) is 4.09. The normalized spacial score (nSPS) is 16.1. The van der Waals surface area contributed by atoms with Crippen molar-refractivity contribution < 1.29 is 4.79 Å². The SMILES string of the molecule is CC(=O)N1CCN(c2ncc(CN)cn2)CC1. The summed E-state index contributed by atoms with van der Waals surface area (Å²) in [5.74, 6) is 0.842. The Labute approximate surface area is 100 Å². The van der Waals surface area contributed by atoms with E-state index in [1.54, 1.807) is 19.3 Å². The highest BCUT2D eigenvalue weighted by Crippen LogP contribution is 2.10. The molecule has 0 saturated carbocycles. The standard InChI is InChI=1S/C11H17N5O/c1-9(17)15-2-4-16(5-3-15)11-13-7-10(6-12)8-14-11/h7-8H,2-6,12H2,1H3. The lowest BCUT2D eigenvalue weighted by Crippen LogP contribution is -2.48. The molecule has 17 heavy (non-hydrogen) atoms. The monoisotopic (exact) mass is 235 g/mol. The van der Waals surface area contributed by atoms with Gasteiger partial charge in [0.05, 0.1) is 0 Å². The van der Waals surface area contributed by atoms with Gasteiger partial charge in [0.1, 0.15) is 0 Å². The van der Waals surface area contributed by atoms with Crippen molar-refractivity contribution in [3.63, 3.8) is 0 Å². The molecule has 6 heteroatoms. The Morgan fingerprint density at radius 1 is 1.29 bits per heavy atom. The molecular formula is C11H17N5O. The second-order valence-corrected chi connectivity index (χ2v) is 4.09. The first-order valence-corrected chi connectivity index (χ1v) is 5.72. The number of aromatic nitrogens is 2. The first kappa shape index (κ1) is 11.8. The zero-order valence-electron chi connectivity index (χ0n) is 9.96. The van der Waals surface area contributed by atoms with Crippen LogP contribution in [0.1, 0.15) is 12.5 Å². The van der Waals surface area contributed by atoms with Gasteiger partial charge in [-0.2, -0.15) is 0 Å². The van der Waals surface area contributed by atoms with Gasteiger partial charge in [0, 0.05) is 57.6 Å². The highest BCUT2D eigenvalue weighted by molar-refractivity contribution is 5.73. The summed E-state index contributed by atoms with van der Waals surface area (Å²) in [7, 11) is 0. The molecule has 1 fully saturated rings. The Morgan fingerprint density at radius 3 is 2.35 bits per heavy atom. The van der Waals surface area contributed by atoms with Gasteiger partial charge in [-0.25, -0.2) is 9.97 Å². The van der Waals surface area contributed by atoms with Crippen LogP contribution in [0, 0.1) is 0 Å². The molecule has 0 spiro atoms. The first-order valence-electron chi connectivity index (χ1n) is 5.72. The number of anilines is 1. The molecule has 1 aliphatic rings. The Bertz CT molecular complexity index is 383. The van der Waals surface area contributed by atoms with E-state index in [2.05, 4.69) is 14.9 Å². The molecule has 1 aromatic heterocycles. The summed E-state index contributed by atoms with van der Waals surface area (Å²) in [6.07, 6.45) is 3.50. The number of hydrogen-bond donors (Lipinski definition) is 1. The zero-order chi connectivity index (χ0) is 12.3. The molecule has 1 aliphatic heterocycles. The van der Waals surface area contributed by atoms with Gasteiger partial charge < -0.3 is 15.5 Å². The van der Waals surface area contributed by atoms with Crippen molar-refractivity contribution in [2.75, 3.05) is 31.1 Å².